The number of carbonyl (C=O) groups is 2. The Bertz CT molecular complexity index is 1710. The average Bonchev–Trinajstić information content (AvgIpc) is 3.00. The van der Waals surface area contributed by atoms with Crippen LogP contribution in [0.1, 0.15) is 31.9 Å². The van der Waals surface area contributed by atoms with Gasteiger partial charge in [-0.3, -0.25) is 13.9 Å². The third-order valence-corrected chi connectivity index (χ3v) is 9.48. The molecule has 0 aliphatic heterocycles. The van der Waals surface area contributed by atoms with Gasteiger partial charge in [-0.25, -0.2) is 8.42 Å². The van der Waals surface area contributed by atoms with E-state index in [1.807, 2.05) is 39.0 Å². The van der Waals surface area contributed by atoms with Crippen LogP contribution in [-0.2, 0) is 26.2 Å². The van der Waals surface area contributed by atoms with E-state index in [0.29, 0.717) is 27.1 Å². The largest absolute Gasteiger partial charge is 0.457 e. The Labute approximate surface area is 274 Å². The zero-order valence-corrected chi connectivity index (χ0v) is 27.7. The molecule has 0 aliphatic carbocycles. The number of benzene rings is 4. The number of ether oxygens (including phenoxy) is 1. The number of nitrogens with one attached hydrogen (secondary N) is 1. The van der Waals surface area contributed by atoms with Crippen molar-refractivity contribution in [2.24, 2.45) is 0 Å². The molecule has 0 heterocycles. The van der Waals surface area contributed by atoms with Crippen LogP contribution in [0.2, 0.25) is 10.0 Å². The fourth-order valence-electron chi connectivity index (χ4n) is 4.51. The van der Waals surface area contributed by atoms with E-state index >= 15 is 0 Å². The highest BCUT2D eigenvalue weighted by atomic mass is 35.5. The minimum absolute atomic E-state index is 0.0109. The van der Waals surface area contributed by atoms with E-state index in [2.05, 4.69) is 5.32 Å². The molecule has 0 saturated carbocycles. The van der Waals surface area contributed by atoms with Crippen molar-refractivity contribution in [3.8, 4) is 11.5 Å². The summed E-state index contributed by atoms with van der Waals surface area (Å²) in [6.45, 7) is 6.33. The van der Waals surface area contributed by atoms with Gasteiger partial charge in [-0.2, -0.15) is 0 Å². The van der Waals surface area contributed by atoms with Gasteiger partial charge in [0, 0.05) is 28.2 Å². The topological polar surface area (TPSA) is 96.0 Å². The van der Waals surface area contributed by atoms with Gasteiger partial charge in [0.2, 0.25) is 11.8 Å². The lowest BCUT2D eigenvalue weighted by Crippen LogP contribution is -2.52. The number of rotatable bonds is 12. The Balaban J connectivity index is 1.73. The number of anilines is 1. The van der Waals surface area contributed by atoms with Crippen LogP contribution >= 0.6 is 23.2 Å². The number of carbonyl (C=O) groups excluding carboxylic acids is 2. The normalized spacial score (nSPS) is 12.0. The van der Waals surface area contributed by atoms with Crippen molar-refractivity contribution in [2.45, 2.75) is 51.2 Å². The molecule has 4 aromatic rings. The maximum Gasteiger partial charge on any atom is 0.264 e. The first-order valence-electron chi connectivity index (χ1n) is 14.3. The molecular weight excluding hydrogens is 633 g/mol. The van der Waals surface area contributed by atoms with Gasteiger partial charge in [-0.1, -0.05) is 65.2 Å². The van der Waals surface area contributed by atoms with Gasteiger partial charge in [-0.05, 0) is 88.4 Å². The minimum atomic E-state index is -4.23. The van der Waals surface area contributed by atoms with E-state index in [9.17, 15) is 18.0 Å². The molecule has 0 bridgehead atoms. The van der Waals surface area contributed by atoms with Gasteiger partial charge in [-0.15, -0.1) is 0 Å². The number of halogens is 2. The summed E-state index contributed by atoms with van der Waals surface area (Å²) in [4.78, 5) is 28.6. The molecule has 0 fully saturated rings. The number of amides is 2. The molecule has 2 amide bonds. The van der Waals surface area contributed by atoms with Crippen molar-refractivity contribution in [3.63, 3.8) is 0 Å². The van der Waals surface area contributed by atoms with Crippen molar-refractivity contribution < 1.29 is 22.7 Å². The summed E-state index contributed by atoms with van der Waals surface area (Å²) in [5.74, 6) is 0.0691. The molecule has 1 atom stereocenters. The quantitative estimate of drug-likeness (QED) is 0.172. The van der Waals surface area contributed by atoms with Crippen LogP contribution in [0.25, 0.3) is 0 Å². The highest BCUT2D eigenvalue weighted by molar-refractivity contribution is 7.92. The molecule has 45 heavy (non-hydrogen) atoms. The van der Waals surface area contributed by atoms with E-state index in [1.165, 1.54) is 17.0 Å². The SMILES string of the molecule is Cc1ccc(S(=O)(=O)N(CC(=O)N(Cc2c(Cl)cccc2Cl)C(C)C(=O)NC(C)C)c2ccc(Oc3ccccc3)cc2)cc1. The lowest BCUT2D eigenvalue weighted by Gasteiger charge is -2.32. The molecule has 0 spiro atoms. The predicted molar refractivity (Wildman–Crippen MR) is 178 cm³/mol. The molecule has 1 N–H and O–H groups in total. The first-order chi connectivity index (χ1) is 21.4. The Kier molecular flexibility index (Phi) is 11.1. The molecule has 0 radical (unpaired) electrons. The van der Waals surface area contributed by atoms with Crippen molar-refractivity contribution >= 4 is 50.7 Å². The highest BCUT2D eigenvalue weighted by Gasteiger charge is 2.33. The molecule has 0 aromatic heterocycles. The molecular formula is C34H35Cl2N3O5S. The van der Waals surface area contributed by atoms with Crippen LogP contribution in [0.3, 0.4) is 0 Å². The van der Waals surface area contributed by atoms with E-state index < -0.39 is 34.4 Å². The minimum Gasteiger partial charge on any atom is -0.457 e. The molecule has 0 saturated heterocycles. The average molecular weight is 669 g/mol. The van der Waals surface area contributed by atoms with Crippen LogP contribution in [0.4, 0.5) is 5.69 Å². The second-order valence-electron chi connectivity index (χ2n) is 10.8. The summed E-state index contributed by atoms with van der Waals surface area (Å²) < 4.78 is 35.1. The first-order valence-corrected chi connectivity index (χ1v) is 16.5. The number of hydrogen-bond donors (Lipinski definition) is 1. The van der Waals surface area contributed by atoms with Gasteiger partial charge in [0.15, 0.2) is 0 Å². The van der Waals surface area contributed by atoms with Gasteiger partial charge >= 0.3 is 0 Å². The zero-order valence-electron chi connectivity index (χ0n) is 25.4. The molecule has 4 rings (SSSR count). The van der Waals surface area contributed by atoms with Crippen LogP contribution in [-0.4, -0.2) is 43.8 Å². The summed E-state index contributed by atoms with van der Waals surface area (Å²) in [5.41, 5.74) is 1.56. The maximum absolute atomic E-state index is 14.2. The number of aryl methyl sites for hydroxylation is 1. The predicted octanol–water partition coefficient (Wildman–Crippen LogP) is 7.23. The Hall–Kier alpha value is -4.05. The number of sulfonamides is 1. The highest BCUT2D eigenvalue weighted by Crippen LogP contribution is 2.30. The molecule has 4 aromatic carbocycles. The second-order valence-corrected chi connectivity index (χ2v) is 13.5. The third kappa shape index (κ3) is 8.57. The first kappa shape index (κ1) is 33.8. The molecule has 8 nitrogen and oxygen atoms in total. The fourth-order valence-corrected chi connectivity index (χ4v) is 6.44. The van der Waals surface area contributed by atoms with Crippen molar-refractivity contribution in [1.29, 1.82) is 0 Å². The monoisotopic (exact) mass is 667 g/mol. The lowest BCUT2D eigenvalue weighted by atomic mass is 10.1. The van der Waals surface area contributed by atoms with Crippen LogP contribution in [0.5, 0.6) is 11.5 Å². The maximum atomic E-state index is 14.2. The van der Waals surface area contributed by atoms with Crippen LogP contribution in [0.15, 0.2) is 102 Å². The van der Waals surface area contributed by atoms with Gasteiger partial charge in [0.05, 0.1) is 10.6 Å². The number of nitrogens with zero attached hydrogens (tertiary/aromatic N) is 2. The van der Waals surface area contributed by atoms with Crippen molar-refractivity contribution in [3.05, 3.63) is 118 Å². The van der Waals surface area contributed by atoms with E-state index in [1.54, 1.807) is 73.7 Å². The molecule has 236 valence electrons. The summed E-state index contributed by atoms with van der Waals surface area (Å²) in [6, 6.07) is 25.7. The summed E-state index contributed by atoms with van der Waals surface area (Å²) in [5, 5.41) is 3.45. The fraction of sp³-hybridized carbons (Fsp3) is 0.235. The summed E-state index contributed by atoms with van der Waals surface area (Å²) in [7, 11) is -4.23. The Morgan fingerprint density at radius 3 is 1.96 bits per heavy atom. The lowest BCUT2D eigenvalue weighted by molar-refractivity contribution is -0.139. The van der Waals surface area contributed by atoms with Gasteiger partial charge < -0.3 is 15.0 Å². The van der Waals surface area contributed by atoms with Gasteiger partial charge in [0.1, 0.15) is 24.1 Å². The zero-order chi connectivity index (χ0) is 32.7. The van der Waals surface area contributed by atoms with Crippen LogP contribution < -0.4 is 14.4 Å². The molecule has 1 unspecified atom stereocenters. The van der Waals surface area contributed by atoms with Gasteiger partial charge in [0.25, 0.3) is 10.0 Å². The van der Waals surface area contributed by atoms with Crippen molar-refractivity contribution in [2.75, 3.05) is 10.8 Å². The van der Waals surface area contributed by atoms with E-state index in [-0.39, 0.29) is 23.2 Å². The molecule has 11 heteroatoms. The Morgan fingerprint density at radius 1 is 0.800 bits per heavy atom. The number of hydrogen-bond acceptors (Lipinski definition) is 5. The van der Waals surface area contributed by atoms with Crippen LogP contribution in [0, 0.1) is 6.92 Å². The van der Waals surface area contributed by atoms with Crippen molar-refractivity contribution in [1.82, 2.24) is 10.2 Å². The van der Waals surface area contributed by atoms with E-state index in [0.717, 1.165) is 9.87 Å². The second kappa shape index (κ2) is 14.8. The smallest absolute Gasteiger partial charge is 0.264 e. The third-order valence-electron chi connectivity index (χ3n) is 6.98. The summed E-state index contributed by atoms with van der Waals surface area (Å²) in [6.07, 6.45) is 0. The number of para-hydroxylation sites is 1. The summed E-state index contributed by atoms with van der Waals surface area (Å²) >= 11 is 12.9. The van der Waals surface area contributed by atoms with E-state index in [4.69, 9.17) is 27.9 Å². The standard InChI is InChI=1S/C34H35Cl2N3O5S/c1-23(2)37-34(41)25(4)38(21-30-31(35)11-8-12-32(30)36)33(40)22-39(45(42,43)29-19-13-24(3)14-20-29)26-15-17-28(18-16-26)44-27-9-6-5-7-10-27/h5-20,23,25H,21-22H2,1-4H3,(H,37,41). The molecule has 0 aliphatic rings. The Morgan fingerprint density at radius 2 is 1.38 bits per heavy atom.